The van der Waals surface area contributed by atoms with Gasteiger partial charge >= 0.3 is 0 Å². The van der Waals surface area contributed by atoms with Crippen LogP contribution in [0.25, 0.3) is 0 Å². The van der Waals surface area contributed by atoms with Crippen molar-refractivity contribution in [3.8, 4) is 0 Å². The first kappa shape index (κ1) is 6.11. The summed E-state index contributed by atoms with van der Waals surface area (Å²) in [4.78, 5) is 0.524. The van der Waals surface area contributed by atoms with Gasteiger partial charge in [0.05, 0.1) is 4.99 Å². The van der Waals surface area contributed by atoms with Gasteiger partial charge in [-0.1, -0.05) is 18.3 Å². The molecule has 1 heterocycles. The molecule has 1 unspecified atom stereocenters. The number of rotatable bonds is 2. The van der Waals surface area contributed by atoms with Crippen LogP contribution in [-0.4, -0.2) is 24.1 Å². The van der Waals surface area contributed by atoms with Gasteiger partial charge in [-0.25, -0.2) is 0 Å². The SMILES string of the molecule is [2H]C([2H])([2H])C(NC(C)=S)C1=CCNCC1. The van der Waals surface area contributed by atoms with Crippen molar-refractivity contribution in [3.05, 3.63) is 11.6 Å². The van der Waals surface area contributed by atoms with Crippen molar-refractivity contribution in [1.29, 1.82) is 0 Å². The molecule has 0 amide bonds. The summed E-state index contributed by atoms with van der Waals surface area (Å²) in [6.45, 7) is 1.23. The van der Waals surface area contributed by atoms with E-state index in [4.69, 9.17) is 16.3 Å². The summed E-state index contributed by atoms with van der Waals surface area (Å²) in [5, 5.41) is 6.02. The van der Waals surface area contributed by atoms with Gasteiger partial charge in [-0.15, -0.1) is 0 Å². The smallest absolute Gasteiger partial charge is 0.0726 e. The lowest BCUT2D eigenvalue weighted by molar-refractivity contribution is 0.636. The first-order valence-corrected chi connectivity index (χ1v) is 4.49. The van der Waals surface area contributed by atoms with Gasteiger partial charge in [0.15, 0.2) is 0 Å². The molecular weight excluding hydrogens is 168 g/mol. The van der Waals surface area contributed by atoms with Crippen LogP contribution in [0.4, 0.5) is 0 Å². The van der Waals surface area contributed by atoms with Gasteiger partial charge in [-0.2, -0.15) is 0 Å². The summed E-state index contributed by atoms with van der Waals surface area (Å²) in [5.74, 6) is 0. The van der Waals surface area contributed by atoms with Crippen molar-refractivity contribution in [2.45, 2.75) is 26.2 Å². The summed E-state index contributed by atoms with van der Waals surface area (Å²) in [6, 6.07) is -0.628. The lowest BCUT2D eigenvalue weighted by Crippen LogP contribution is -2.34. The van der Waals surface area contributed by atoms with E-state index in [2.05, 4.69) is 10.6 Å². The number of hydrogen-bond acceptors (Lipinski definition) is 2. The predicted octanol–water partition coefficient (Wildman–Crippen LogP) is 1.23. The summed E-state index contributed by atoms with van der Waals surface area (Å²) in [6.07, 6.45) is 2.70. The molecule has 0 spiro atoms. The van der Waals surface area contributed by atoms with Crippen molar-refractivity contribution < 1.29 is 4.11 Å². The van der Waals surface area contributed by atoms with E-state index in [1.165, 1.54) is 0 Å². The first-order valence-electron chi connectivity index (χ1n) is 5.58. The van der Waals surface area contributed by atoms with E-state index < -0.39 is 12.9 Å². The molecule has 12 heavy (non-hydrogen) atoms. The third-order valence-electron chi connectivity index (χ3n) is 1.82. The maximum atomic E-state index is 7.47. The van der Waals surface area contributed by atoms with Crippen LogP contribution in [0.5, 0.6) is 0 Å². The Bertz CT molecular complexity index is 273. The molecule has 0 aromatic rings. The van der Waals surface area contributed by atoms with Crippen molar-refractivity contribution in [3.63, 3.8) is 0 Å². The second kappa shape index (κ2) is 4.58. The van der Waals surface area contributed by atoms with Crippen LogP contribution in [0.15, 0.2) is 11.6 Å². The minimum Gasteiger partial charge on any atom is -0.374 e. The number of thiocarbonyl (C=S) groups is 1. The average Bonchev–Trinajstić information content (AvgIpc) is 2.14. The van der Waals surface area contributed by atoms with Gasteiger partial charge < -0.3 is 10.6 Å². The maximum absolute atomic E-state index is 7.47. The van der Waals surface area contributed by atoms with Gasteiger partial charge in [0.1, 0.15) is 0 Å². The van der Waals surface area contributed by atoms with Gasteiger partial charge in [0.25, 0.3) is 0 Å². The Morgan fingerprint density at radius 3 is 3.25 bits per heavy atom. The molecule has 1 atom stereocenters. The largest absolute Gasteiger partial charge is 0.374 e. The molecule has 68 valence electrons. The fraction of sp³-hybridized carbons (Fsp3) is 0.667. The van der Waals surface area contributed by atoms with Gasteiger partial charge in [0, 0.05) is 16.7 Å². The zero-order chi connectivity index (χ0) is 11.5. The van der Waals surface area contributed by atoms with Crippen LogP contribution >= 0.6 is 12.2 Å². The van der Waals surface area contributed by atoms with Crippen molar-refractivity contribution in [2.75, 3.05) is 13.1 Å². The molecule has 0 fully saturated rings. The minimum atomic E-state index is -2.04. The van der Waals surface area contributed by atoms with E-state index in [1.807, 2.05) is 6.08 Å². The van der Waals surface area contributed by atoms with E-state index in [0.717, 1.165) is 25.1 Å². The molecule has 1 aliphatic rings. The third kappa shape index (κ3) is 2.91. The molecule has 0 aromatic carbocycles. The van der Waals surface area contributed by atoms with Gasteiger partial charge in [0.2, 0.25) is 0 Å². The highest BCUT2D eigenvalue weighted by Gasteiger charge is 2.10. The average molecular weight is 187 g/mol. The lowest BCUT2D eigenvalue weighted by atomic mass is 10.0. The van der Waals surface area contributed by atoms with Crippen LogP contribution in [-0.2, 0) is 0 Å². The highest BCUT2D eigenvalue weighted by atomic mass is 32.1. The monoisotopic (exact) mass is 187 g/mol. The Morgan fingerprint density at radius 2 is 2.75 bits per heavy atom. The van der Waals surface area contributed by atoms with Crippen molar-refractivity contribution >= 4 is 17.2 Å². The van der Waals surface area contributed by atoms with Crippen LogP contribution < -0.4 is 10.6 Å². The fourth-order valence-corrected chi connectivity index (χ4v) is 1.32. The van der Waals surface area contributed by atoms with E-state index in [0.29, 0.717) is 4.99 Å². The molecule has 0 aliphatic carbocycles. The third-order valence-corrected chi connectivity index (χ3v) is 1.94. The quantitative estimate of drug-likeness (QED) is 0.502. The normalized spacial score (nSPS) is 24.4. The highest BCUT2D eigenvalue weighted by molar-refractivity contribution is 7.80. The summed E-state index contributed by atoms with van der Waals surface area (Å²) < 4.78 is 22.4. The zero-order valence-corrected chi connectivity index (χ0v) is 8.00. The Hall–Kier alpha value is -0.410. The Balaban J connectivity index is 2.80. The lowest BCUT2D eigenvalue weighted by Gasteiger charge is -2.21. The summed E-state index contributed by atoms with van der Waals surface area (Å²) in [5.41, 5.74) is 0.929. The molecule has 1 aliphatic heterocycles. The standard InChI is InChI=1S/C9H16N2S/c1-7(11-8(2)12)9-3-5-10-6-4-9/h3,7,10H,4-6H2,1-2H3,(H,11,12)/i1D3. The topological polar surface area (TPSA) is 24.1 Å². The molecular formula is C9H16N2S. The van der Waals surface area contributed by atoms with Crippen LogP contribution in [0.2, 0.25) is 0 Å². The van der Waals surface area contributed by atoms with Gasteiger partial charge in [-0.05, 0) is 32.3 Å². The van der Waals surface area contributed by atoms with E-state index >= 15 is 0 Å². The van der Waals surface area contributed by atoms with Crippen molar-refractivity contribution in [1.82, 2.24) is 10.6 Å². The maximum Gasteiger partial charge on any atom is 0.0726 e. The molecule has 0 aromatic heterocycles. The van der Waals surface area contributed by atoms with Crippen molar-refractivity contribution in [2.24, 2.45) is 0 Å². The van der Waals surface area contributed by atoms with Crippen LogP contribution in [0.1, 0.15) is 24.3 Å². The van der Waals surface area contributed by atoms with E-state index in [1.54, 1.807) is 6.92 Å². The van der Waals surface area contributed by atoms with Crippen LogP contribution in [0, 0.1) is 0 Å². The molecule has 1 rings (SSSR count). The number of nitrogens with one attached hydrogen (secondary N) is 2. The zero-order valence-electron chi connectivity index (χ0n) is 10.2. The number of hydrogen-bond donors (Lipinski definition) is 2. The predicted molar refractivity (Wildman–Crippen MR) is 56.4 cm³/mol. The molecule has 0 saturated heterocycles. The minimum absolute atomic E-state index is 0.524. The molecule has 0 bridgehead atoms. The Kier molecular flexibility index (Phi) is 2.33. The van der Waals surface area contributed by atoms with Crippen LogP contribution in [0.3, 0.4) is 0 Å². The Labute approximate surface area is 83.6 Å². The summed E-state index contributed by atoms with van der Waals surface area (Å²) in [7, 11) is 0. The molecule has 0 saturated carbocycles. The highest BCUT2D eigenvalue weighted by Crippen LogP contribution is 2.09. The summed E-state index contributed by atoms with van der Waals surface area (Å²) >= 11 is 4.91. The van der Waals surface area contributed by atoms with E-state index in [-0.39, 0.29) is 0 Å². The Morgan fingerprint density at radius 1 is 1.92 bits per heavy atom. The first-order chi connectivity index (χ1) is 6.91. The second-order valence-electron chi connectivity index (χ2n) is 2.87. The van der Waals surface area contributed by atoms with Gasteiger partial charge in [-0.3, -0.25) is 0 Å². The fourth-order valence-electron chi connectivity index (χ4n) is 1.20. The van der Waals surface area contributed by atoms with E-state index in [9.17, 15) is 0 Å². The molecule has 3 heteroatoms. The molecule has 2 nitrogen and oxygen atoms in total. The molecule has 0 radical (unpaired) electrons. The molecule has 2 N–H and O–H groups in total. The second-order valence-corrected chi connectivity index (χ2v) is 3.48.